The summed E-state index contributed by atoms with van der Waals surface area (Å²) >= 11 is 0. The van der Waals surface area contributed by atoms with E-state index >= 15 is 0 Å². The molecular weight excluding hydrogens is 158 g/mol. The molecule has 0 heterocycles. The first-order chi connectivity index (χ1) is 6.28. The van der Waals surface area contributed by atoms with Crippen molar-refractivity contribution in [2.45, 2.75) is 32.7 Å². The van der Waals surface area contributed by atoms with Gasteiger partial charge in [0, 0.05) is 6.04 Å². The van der Waals surface area contributed by atoms with Crippen LogP contribution in [0.5, 0.6) is 0 Å². The minimum atomic E-state index is 0.564. The molecule has 0 saturated heterocycles. The molecule has 0 rings (SSSR count). The molecule has 0 saturated carbocycles. The van der Waals surface area contributed by atoms with Crippen LogP contribution in [0, 0.1) is 0 Å². The zero-order valence-corrected chi connectivity index (χ0v) is 9.01. The van der Waals surface area contributed by atoms with E-state index in [2.05, 4.69) is 31.0 Å². The number of allylic oxidation sites excluding steroid dienone is 4. The smallest absolute Gasteiger partial charge is 0.0102 e. The lowest BCUT2D eigenvalue weighted by Gasteiger charge is -2.13. The molecule has 1 N–H and O–H groups in total. The van der Waals surface area contributed by atoms with E-state index in [9.17, 15) is 0 Å². The fourth-order valence-corrected chi connectivity index (χ4v) is 1.17. The van der Waals surface area contributed by atoms with Crippen molar-refractivity contribution in [3.8, 4) is 0 Å². The standard InChI is InChI=1S/C12H21N/c1-5-8-9-11(6-2)10-12(7-3)13-4/h5-6,8-9,12-13H,2,7,10H2,1,3-4H3/b8-5-,11-9+. The Bertz CT molecular complexity index is 185. The van der Waals surface area contributed by atoms with Crippen LogP contribution < -0.4 is 5.32 Å². The van der Waals surface area contributed by atoms with Gasteiger partial charge in [0.2, 0.25) is 0 Å². The molecular formula is C12H21N. The zero-order valence-electron chi connectivity index (χ0n) is 9.01. The molecule has 0 radical (unpaired) electrons. The summed E-state index contributed by atoms with van der Waals surface area (Å²) in [6.45, 7) is 8.02. The van der Waals surface area contributed by atoms with Gasteiger partial charge in [0.15, 0.2) is 0 Å². The summed E-state index contributed by atoms with van der Waals surface area (Å²) < 4.78 is 0. The average Bonchev–Trinajstić information content (AvgIpc) is 2.19. The summed E-state index contributed by atoms with van der Waals surface area (Å²) in [4.78, 5) is 0. The van der Waals surface area contributed by atoms with Crippen molar-refractivity contribution in [1.29, 1.82) is 0 Å². The van der Waals surface area contributed by atoms with Crippen LogP contribution >= 0.6 is 0 Å². The predicted molar refractivity (Wildman–Crippen MR) is 60.8 cm³/mol. The predicted octanol–water partition coefficient (Wildman–Crippen LogP) is 3.06. The lowest BCUT2D eigenvalue weighted by molar-refractivity contribution is 0.545. The molecule has 13 heavy (non-hydrogen) atoms. The number of rotatable bonds is 6. The van der Waals surface area contributed by atoms with E-state index in [1.165, 1.54) is 5.57 Å². The summed E-state index contributed by atoms with van der Waals surface area (Å²) in [5.74, 6) is 0. The van der Waals surface area contributed by atoms with Gasteiger partial charge < -0.3 is 5.32 Å². The highest BCUT2D eigenvalue weighted by Gasteiger charge is 2.03. The molecule has 0 aliphatic heterocycles. The Morgan fingerprint density at radius 3 is 2.62 bits per heavy atom. The van der Waals surface area contributed by atoms with Crippen molar-refractivity contribution in [3.63, 3.8) is 0 Å². The van der Waals surface area contributed by atoms with Gasteiger partial charge in [0.05, 0.1) is 0 Å². The second-order valence-electron chi connectivity index (χ2n) is 3.07. The van der Waals surface area contributed by atoms with Crippen LogP contribution in [0.15, 0.2) is 36.5 Å². The molecule has 0 bridgehead atoms. The summed E-state index contributed by atoms with van der Waals surface area (Å²) in [7, 11) is 2.00. The Labute approximate surface area is 82.2 Å². The summed E-state index contributed by atoms with van der Waals surface area (Å²) in [6, 6.07) is 0.564. The quantitative estimate of drug-likeness (QED) is 0.618. The van der Waals surface area contributed by atoms with Crippen LogP contribution in [0.2, 0.25) is 0 Å². The highest BCUT2D eigenvalue weighted by molar-refractivity contribution is 5.22. The normalized spacial score (nSPS) is 14.8. The topological polar surface area (TPSA) is 12.0 Å². The van der Waals surface area contributed by atoms with Gasteiger partial charge >= 0.3 is 0 Å². The van der Waals surface area contributed by atoms with Crippen LogP contribution in [-0.2, 0) is 0 Å². The van der Waals surface area contributed by atoms with Crippen molar-refractivity contribution in [3.05, 3.63) is 36.5 Å². The number of nitrogens with one attached hydrogen (secondary N) is 1. The van der Waals surface area contributed by atoms with E-state index in [1.54, 1.807) is 0 Å². The first-order valence-corrected chi connectivity index (χ1v) is 4.90. The highest BCUT2D eigenvalue weighted by Crippen LogP contribution is 2.09. The molecule has 0 aromatic rings. The van der Waals surface area contributed by atoms with Gasteiger partial charge in [-0.15, -0.1) is 0 Å². The number of hydrogen-bond acceptors (Lipinski definition) is 1. The summed E-state index contributed by atoms with van der Waals surface area (Å²) in [5, 5.41) is 3.28. The Morgan fingerprint density at radius 2 is 2.23 bits per heavy atom. The van der Waals surface area contributed by atoms with Crippen LogP contribution in [0.4, 0.5) is 0 Å². The molecule has 0 amide bonds. The molecule has 0 aliphatic carbocycles. The van der Waals surface area contributed by atoms with E-state index in [-0.39, 0.29) is 0 Å². The third-order valence-corrected chi connectivity index (χ3v) is 2.15. The van der Waals surface area contributed by atoms with Gasteiger partial charge in [0.1, 0.15) is 0 Å². The van der Waals surface area contributed by atoms with Gasteiger partial charge in [-0.25, -0.2) is 0 Å². The van der Waals surface area contributed by atoms with Gasteiger partial charge in [-0.05, 0) is 32.4 Å². The molecule has 1 atom stereocenters. The monoisotopic (exact) mass is 179 g/mol. The van der Waals surface area contributed by atoms with Gasteiger partial charge in [-0.1, -0.05) is 37.8 Å². The fraction of sp³-hybridized carbons (Fsp3) is 0.500. The third-order valence-electron chi connectivity index (χ3n) is 2.15. The second-order valence-corrected chi connectivity index (χ2v) is 3.07. The molecule has 1 unspecified atom stereocenters. The molecule has 0 aliphatic rings. The summed E-state index contributed by atoms with van der Waals surface area (Å²) in [6.07, 6.45) is 10.3. The van der Waals surface area contributed by atoms with E-state index in [4.69, 9.17) is 0 Å². The molecule has 1 nitrogen and oxygen atoms in total. The molecule has 0 fully saturated rings. The van der Waals surface area contributed by atoms with Crippen molar-refractivity contribution in [2.75, 3.05) is 7.05 Å². The number of hydrogen-bond donors (Lipinski definition) is 1. The van der Waals surface area contributed by atoms with Crippen molar-refractivity contribution in [2.24, 2.45) is 0 Å². The minimum Gasteiger partial charge on any atom is -0.317 e. The van der Waals surface area contributed by atoms with Gasteiger partial charge in [-0.2, -0.15) is 0 Å². The van der Waals surface area contributed by atoms with Crippen molar-refractivity contribution in [1.82, 2.24) is 5.32 Å². The SMILES string of the molecule is C=C/C(=C\C=C/C)CC(CC)NC. The van der Waals surface area contributed by atoms with E-state index < -0.39 is 0 Å². The van der Waals surface area contributed by atoms with Gasteiger partial charge in [0.25, 0.3) is 0 Å². The minimum absolute atomic E-state index is 0.564. The van der Waals surface area contributed by atoms with Crippen molar-refractivity contribution >= 4 is 0 Å². The van der Waals surface area contributed by atoms with E-state index in [0.717, 1.165) is 12.8 Å². The van der Waals surface area contributed by atoms with Crippen LogP contribution in [0.3, 0.4) is 0 Å². The third kappa shape index (κ3) is 5.42. The largest absolute Gasteiger partial charge is 0.317 e. The highest BCUT2D eigenvalue weighted by atomic mass is 14.9. The maximum atomic E-state index is 3.81. The fourth-order valence-electron chi connectivity index (χ4n) is 1.17. The molecule has 74 valence electrons. The van der Waals surface area contributed by atoms with Gasteiger partial charge in [-0.3, -0.25) is 0 Å². The van der Waals surface area contributed by atoms with Crippen LogP contribution in [0.1, 0.15) is 26.7 Å². The zero-order chi connectivity index (χ0) is 10.1. The lowest BCUT2D eigenvalue weighted by Crippen LogP contribution is -2.24. The Hall–Kier alpha value is -0.820. The Balaban J connectivity index is 4.17. The summed E-state index contributed by atoms with van der Waals surface area (Å²) in [5.41, 5.74) is 1.29. The molecule has 0 spiro atoms. The average molecular weight is 179 g/mol. The first kappa shape index (κ1) is 12.2. The molecule has 1 heteroatoms. The Kier molecular flexibility index (Phi) is 7.32. The van der Waals surface area contributed by atoms with Crippen LogP contribution in [-0.4, -0.2) is 13.1 Å². The van der Waals surface area contributed by atoms with Crippen LogP contribution in [0.25, 0.3) is 0 Å². The lowest BCUT2D eigenvalue weighted by atomic mass is 10.0. The Morgan fingerprint density at radius 1 is 1.54 bits per heavy atom. The van der Waals surface area contributed by atoms with E-state index in [0.29, 0.717) is 6.04 Å². The van der Waals surface area contributed by atoms with E-state index in [1.807, 2.05) is 26.1 Å². The second kappa shape index (κ2) is 7.81. The maximum absolute atomic E-state index is 3.81. The van der Waals surface area contributed by atoms with Crippen molar-refractivity contribution < 1.29 is 0 Å². The maximum Gasteiger partial charge on any atom is 0.0102 e. The molecule has 0 aromatic carbocycles. The molecule has 0 aromatic heterocycles. The first-order valence-electron chi connectivity index (χ1n) is 4.90.